The molecule has 0 rings (SSSR count). The van der Waals surface area contributed by atoms with Gasteiger partial charge in [-0.1, -0.05) is 0 Å². The Morgan fingerprint density at radius 2 is 0.471 bits per heavy atom. The topological polar surface area (TPSA) is 213 Å². The molecule has 0 saturated carbocycles. The van der Waals surface area contributed by atoms with Gasteiger partial charge in [-0.05, 0) is 0 Å². The van der Waals surface area contributed by atoms with Gasteiger partial charge in [-0.2, -0.15) is 0 Å². The standard InChI is InChI=1S/5Mg.2H3O4P.2O/c;;;;;2*1-5(2,3)4;;/h;;;;;2*(H3,1,2,3,4);;/q5*+2;;;2*-2. The van der Waals surface area contributed by atoms with Crippen LogP contribution in [0.4, 0.5) is 0 Å². The van der Waals surface area contributed by atoms with E-state index >= 15 is 0 Å². The molecule has 0 aliphatic rings. The first-order valence-electron chi connectivity index (χ1n) is 1.57. The van der Waals surface area contributed by atoms with Crippen LogP contribution < -0.4 is 0 Å². The molecule has 0 saturated heterocycles. The van der Waals surface area contributed by atoms with Crippen LogP contribution >= 0.6 is 15.6 Å². The smallest absolute Gasteiger partial charge is 2.00 e. The Balaban J connectivity index is -0.00000000762. The molecule has 0 bridgehead atoms. The van der Waals surface area contributed by atoms with E-state index in [4.69, 9.17) is 38.5 Å². The van der Waals surface area contributed by atoms with Crippen LogP contribution in [0.3, 0.4) is 0 Å². The Morgan fingerprint density at radius 3 is 0.471 bits per heavy atom. The van der Waals surface area contributed by atoms with Crippen LogP contribution in [-0.2, 0) is 20.1 Å². The molecule has 6 N–H and O–H groups in total. The Labute approximate surface area is 178 Å². The van der Waals surface area contributed by atoms with Crippen molar-refractivity contribution in [1.82, 2.24) is 0 Å². The van der Waals surface area contributed by atoms with Gasteiger partial charge in [0, 0.05) is 0 Å². The maximum Gasteiger partial charge on any atom is 2.00 e. The van der Waals surface area contributed by atoms with Crippen molar-refractivity contribution in [2.24, 2.45) is 0 Å². The first-order valence-corrected chi connectivity index (χ1v) is 4.70. The van der Waals surface area contributed by atoms with Crippen molar-refractivity contribution >= 4 is 131 Å². The average Bonchev–Trinajstić information content (AvgIpc) is 1.12. The minimum absolute atomic E-state index is 0. The van der Waals surface area contributed by atoms with E-state index in [0.29, 0.717) is 0 Å². The molecule has 0 amide bonds. The molecule has 0 unspecified atom stereocenters. The van der Waals surface area contributed by atoms with Crippen molar-refractivity contribution in [3.63, 3.8) is 0 Å². The van der Waals surface area contributed by atoms with Crippen LogP contribution in [0.1, 0.15) is 0 Å². The zero-order chi connectivity index (χ0) is 9.00. The second kappa shape index (κ2) is 28.2. The van der Waals surface area contributed by atoms with Gasteiger partial charge in [0.1, 0.15) is 0 Å². The van der Waals surface area contributed by atoms with Crippen LogP contribution in [0, 0.1) is 0 Å². The van der Waals surface area contributed by atoms with Crippen LogP contribution in [-0.4, -0.2) is 145 Å². The molecule has 0 heterocycles. The van der Waals surface area contributed by atoms with Gasteiger partial charge in [0.25, 0.3) is 0 Å². The molecule has 17 heteroatoms. The molecule has 0 aliphatic carbocycles. The predicted molar refractivity (Wildman–Crippen MR) is 58.7 cm³/mol. The number of phosphoric acid groups is 2. The summed E-state index contributed by atoms with van der Waals surface area (Å²) in [5.74, 6) is 0. The third-order valence-electron chi connectivity index (χ3n) is 0. The van der Waals surface area contributed by atoms with E-state index in [1.807, 2.05) is 0 Å². The van der Waals surface area contributed by atoms with Crippen molar-refractivity contribution in [1.29, 1.82) is 0 Å². The molecule has 0 atom stereocenters. The molecule has 0 aromatic carbocycles. The second-order valence-corrected chi connectivity index (χ2v) is 3.08. The van der Waals surface area contributed by atoms with E-state index in [9.17, 15) is 0 Å². The van der Waals surface area contributed by atoms with Crippen LogP contribution in [0.5, 0.6) is 0 Å². The zero-order valence-corrected chi connectivity index (χ0v) is 17.6. The maximum absolute atomic E-state index is 8.88. The molecule has 0 aliphatic heterocycles. The fourth-order valence-corrected chi connectivity index (χ4v) is 0. The van der Waals surface area contributed by atoms with Crippen molar-refractivity contribution in [3.8, 4) is 0 Å². The van der Waals surface area contributed by atoms with Crippen molar-refractivity contribution < 1.29 is 49.4 Å². The third-order valence-corrected chi connectivity index (χ3v) is 0. The minimum Gasteiger partial charge on any atom is -2.00 e. The van der Waals surface area contributed by atoms with Gasteiger partial charge >= 0.3 is 131 Å². The summed E-state index contributed by atoms with van der Waals surface area (Å²) in [7, 11) is -9.28. The van der Waals surface area contributed by atoms with Gasteiger partial charge in [0.2, 0.25) is 0 Å². The Hall–Kier alpha value is 3.97. The number of hydrogen-bond acceptors (Lipinski definition) is 2. The summed E-state index contributed by atoms with van der Waals surface area (Å²) in [6.07, 6.45) is 0. The maximum atomic E-state index is 8.88. The summed E-state index contributed by atoms with van der Waals surface area (Å²) in [6, 6.07) is 0. The van der Waals surface area contributed by atoms with Crippen molar-refractivity contribution in [3.05, 3.63) is 0 Å². The number of hydrogen-bond donors (Lipinski definition) is 6. The van der Waals surface area contributed by atoms with Crippen molar-refractivity contribution in [2.45, 2.75) is 0 Å². The molecule has 0 radical (unpaired) electrons. The summed E-state index contributed by atoms with van der Waals surface area (Å²) in [5.41, 5.74) is 0. The first-order chi connectivity index (χ1) is 4.00. The third kappa shape index (κ3) is 409. The predicted octanol–water partition coefficient (Wildman–Crippen LogP) is -4.00. The Bertz CT molecular complexity index is 135. The van der Waals surface area contributed by atoms with E-state index in [0.717, 1.165) is 0 Å². The van der Waals surface area contributed by atoms with E-state index in [2.05, 4.69) is 0 Å². The normalized spacial score (nSPS) is 6.94. The van der Waals surface area contributed by atoms with Gasteiger partial charge < -0.3 is 40.3 Å². The van der Waals surface area contributed by atoms with Crippen molar-refractivity contribution in [2.75, 3.05) is 0 Å². The van der Waals surface area contributed by atoms with Crippen LogP contribution in [0.2, 0.25) is 0 Å². The Morgan fingerprint density at radius 1 is 0.471 bits per heavy atom. The van der Waals surface area contributed by atoms with Gasteiger partial charge in [-0.3, -0.25) is 0 Å². The van der Waals surface area contributed by atoms with Gasteiger partial charge in [0.05, 0.1) is 0 Å². The fourth-order valence-electron chi connectivity index (χ4n) is 0. The summed E-state index contributed by atoms with van der Waals surface area (Å²) in [6.45, 7) is 0. The van der Waals surface area contributed by atoms with E-state index in [-0.39, 0.29) is 126 Å². The Kier molecular flexibility index (Phi) is 96.7. The summed E-state index contributed by atoms with van der Waals surface area (Å²) < 4.78 is 17.8. The molecule has 0 aromatic rings. The summed E-state index contributed by atoms with van der Waals surface area (Å²) >= 11 is 0. The molecule has 0 fully saturated rings. The minimum atomic E-state index is -4.64. The number of rotatable bonds is 0. The van der Waals surface area contributed by atoms with E-state index in [1.54, 1.807) is 0 Å². The molecule has 0 spiro atoms. The second-order valence-electron chi connectivity index (χ2n) is 1.03. The summed E-state index contributed by atoms with van der Waals surface area (Å²) in [5, 5.41) is 0. The summed E-state index contributed by atoms with van der Waals surface area (Å²) in [4.78, 5) is 43.1. The van der Waals surface area contributed by atoms with Gasteiger partial charge in [0.15, 0.2) is 0 Å². The zero-order valence-electron chi connectivity index (χ0n) is 8.75. The largest absolute Gasteiger partial charge is 2.00 e. The fraction of sp³-hybridized carbons (Fsp3) is 0. The van der Waals surface area contributed by atoms with Crippen LogP contribution in [0.15, 0.2) is 0 Å². The van der Waals surface area contributed by atoms with Gasteiger partial charge in [-0.15, -0.1) is 0 Å². The molecule has 17 heavy (non-hydrogen) atoms. The van der Waals surface area contributed by atoms with E-state index in [1.165, 1.54) is 0 Å². The first kappa shape index (κ1) is 58.4. The molecule has 10 nitrogen and oxygen atoms in total. The van der Waals surface area contributed by atoms with E-state index < -0.39 is 15.6 Å². The molecule has 80 valence electrons. The molecular formula is H6Mg5O10P2+6. The molecular weight excluding hydrogens is 343 g/mol. The van der Waals surface area contributed by atoms with Crippen LogP contribution in [0.25, 0.3) is 0 Å². The SMILES string of the molecule is O=P(O)(O)O.O=P(O)(O)O.[Mg+2].[Mg+2].[Mg+2].[Mg+2].[Mg+2].[O-2].[O-2]. The quantitative estimate of drug-likeness (QED) is 0.187. The van der Waals surface area contributed by atoms with Gasteiger partial charge in [-0.25, -0.2) is 9.13 Å². The average molecular weight is 350 g/mol. The monoisotopic (exact) mass is 348 g/mol. The molecule has 0 aromatic heterocycles.